The molecule has 0 aliphatic carbocycles. The van der Waals surface area contributed by atoms with Gasteiger partial charge in [-0.3, -0.25) is 9.69 Å². The van der Waals surface area contributed by atoms with Gasteiger partial charge in [-0.25, -0.2) is 9.18 Å². The van der Waals surface area contributed by atoms with E-state index in [0.29, 0.717) is 16.9 Å². The number of phenolic OH excluding ortho intramolecular Hbond substituents is 1. The number of halogens is 1. The molecule has 0 unspecified atom stereocenters. The van der Waals surface area contributed by atoms with Gasteiger partial charge in [0.2, 0.25) is 0 Å². The van der Waals surface area contributed by atoms with Gasteiger partial charge in [0, 0.05) is 0 Å². The average Bonchev–Trinajstić information content (AvgIpc) is 2.84. The zero-order valence-electron chi connectivity index (χ0n) is 13.3. The van der Waals surface area contributed by atoms with E-state index in [1.54, 1.807) is 12.1 Å². The lowest BCUT2D eigenvalue weighted by Crippen LogP contribution is -2.30. The third-order valence-corrected chi connectivity index (χ3v) is 3.73. The minimum Gasteiger partial charge on any atom is -0.504 e. The first-order chi connectivity index (χ1) is 12.0. The molecule has 1 fully saturated rings. The molecule has 2 N–H and O–H groups in total. The number of phenols is 1. The van der Waals surface area contributed by atoms with Gasteiger partial charge in [0.05, 0.1) is 13.7 Å². The van der Waals surface area contributed by atoms with Crippen molar-refractivity contribution in [2.75, 3.05) is 7.11 Å². The number of nitrogens with zero attached hydrogens (tertiary/aromatic N) is 1. The maximum Gasteiger partial charge on any atom is 0.329 e. The van der Waals surface area contributed by atoms with Gasteiger partial charge in [0.25, 0.3) is 5.91 Å². The molecule has 3 amide bonds. The molecule has 2 aromatic carbocycles. The van der Waals surface area contributed by atoms with Crippen LogP contribution < -0.4 is 10.1 Å². The number of rotatable bonds is 4. The number of amides is 3. The molecule has 2 aromatic rings. The van der Waals surface area contributed by atoms with Crippen LogP contribution in [-0.2, 0) is 11.3 Å². The maximum atomic E-state index is 12.9. The van der Waals surface area contributed by atoms with Crippen LogP contribution in [0.3, 0.4) is 0 Å². The van der Waals surface area contributed by atoms with Crippen LogP contribution in [0.25, 0.3) is 6.08 Å². The number of aromatic hydroxyl groups is 1. The summed E-state index contributed by atoms with van der Waals surface area (Å²) in [6.07, 6.45) is 1.46. The van der Waals surface area contributed by atoms with Crippen LogP contribution in [0.5, 0.6) is 11.5 Å². The predicted octanol–water partition coefficient (Wildman–Crippen LogP) is 2.63. The molecule has 1 heterocycles. The fourth-order valence-corrected chi connectivity index (χ4v) is 2.45. The summed E-state index contributed by atoms with van der Waals surface area (Å²) in [6, 6.07) is 9.63. The summed E-state index contributed by atoms with van der Waals surface area (Å²) < 4.78 is 17.9. The minimum atomic E-state index is -0.557. The van der Waals surface area contributed by atoms with Crippen LogP contribution in [0.15, 0.2) is 48.2 Å². The molecule has 25 heavy (non-hydrogen) atoms. The van der Waals surface area contributed by atoms with E-state index in [0.717, 1.165) is 4.90 Å². The van der Waals surface area contributed by atoms with E-state index in [1.165, 1.54) is 43.5 Å². The fraction of sp³-hybridized carbons (Fsp3) is 0.111. The van der Waals surface area contributed by atoms with Crippen LogP contribution in [-0.4, -0.2) is 29.1 Å². The third-order valence-electron chi connectivity index (χ3n) is 3.73. The molecule has 0 atom stereocenters. The largest absolute Gasteiger partial charge is 0.504 e. The van der Waals surface area contributed by atoms with Crippen molar-refractivity contribution in [3.05, 3.63) is 65.1 Å². The minimum absolute atomic E-state index is 0.0378. The van der Waals surface area contributed by atoms with E-state index in [2.05, 4.69) is 5.32 Å². The van der Waals surface area contributed by atoms with Crippen LogP contribution in [0, 0.1) is 5.82 Å². The van der Waals surface area contributed by atoms with Crippen molar-refractivity contribution in [3.8, 4) is 11.5 Å². The van der Waals surface area contributed by atoms with E-state index in [1.807, 2.05) is 0 Å². The van der Waals surface area contributed by atoms with Crippen molar-refractivity contribution in [3.63, 3.8) is 0 Å². The van der Waals surface area contributed by atoms with E-state index >= 15 is 0 Å². The van der Waals surface area contributed by atoms with E-state index in [4.69, 9.17) is 4.74 Å². The number of ether oxygens (including phenoxy) is 1. The van der Waals surface area contributed by atoms with Crippen LogP contribution in [0.4, 0.5) is 9.18 Å². The van der Waals surface area contributed by atoms with Crippen molar-refractivity contribution >= 4 is 18.0 Å². The molecular formula is C18H15FN2O4. The summed E-state index contributed by atoms with van der Waals surface area (Å²) in [4.78, 5) is 25.5. The smallest absolute Gasteiger partial charge is 0.329 e. The molecule has 0 radical (unpaired) electrons. The number of urea groups is 1. The normalized spacial score (nSPS) is 15.6. The quantitative estimate of drug-likeness (QED) is 0.661. The Morgan fingerprint density at radius 2 is 1.92 bits per heavy atom. The van der Waals surface area contributed by atoms with Gasteiger partial charge in [-0.15, -0.1) is 0 Å². The van der Waals surface area contributed by atoms with Crippen molar-refractivity contribution in [1.82, 2.24) is 10.2 Å². The Bertz CT molecular complexity index is 862. The Labute approximate surface area is 143 Å². The molecule has 7 heteroatoms. The SMILES string of the molecule is COc1ccc(C=C2NC(=O)N(Cc3ccc(F)cc3)C2=O)cc1O. The van der Waals surface area contributed by atoms with Gasteiger partial charge in [0.15, 0.2) is 11.5 Å². The summed E-state index contributed by atoms with van der Waals surface area (Å²) in [7, 11) is 1.43. The van der Waals surface area contributed by atoms with Gasteiger partial charge in [-0.2, -0.15) is 0 Å². The van der Waals surface area contributed by atoms with Gasteiger partial charge in [-0.05, 0) is 41.5 Å². The number of hydrogen-bond acceptors (Lipinski definition) is 4. The first-order valence-electron chi connectivity index (χ1n) is 7.44. The van der Waals surface area contributed by atoms with Crippen LogP contribution >= 0.6 is 0 Å². The molecule has 0 bridgehead atoms. The predicted molar refractivity (Wildman–Crippen MR) is 88.1 cm³/mol. The number of methoxy groups -OCH3 is 1. The monoisotopic (exact) mass is 342 g/mol. The van der Waals surface area contributed by atoms with E-state index < -0.39 is 11.9 Å². The Hall–Kier alpha value is -3.35. The molecule has 1 saturated heterocycles. The second-order valence-corrected chi connectivity index (χ2v) is 5.44. The van der Waals surface area contributed by atoms with Gasteiger partial charge >= 0.3 is 6.03 Å². The van der Waals surface area contributed by atoms with E-state index in [-0.39, 0.29) is 23.8 Å². The Morgan fingerprint density at radius 3 is 2.56 bits per heavy atom. The number of carbonyl (C=O) groups excluding carboxylic acids is 2. The highest BCUT2D eigenvalue weighted by molar-refractivity contribution is 6.13. The van der Waals surface area contributed by atoms with Crippen molar-refractivity contribution < 1.29 is 23.8 Å². The lowest BCUT2D eigenvalue weighted by atomic mass is 10.1. The highest BCUT2D eigenvalue weighted by atomic mass is 19.1. The first-order valence-corrected chi connectivity index (χ1v) is 7.44. The average molecular weight is 342 g/mol. The number of benzene rings is 2. The van der Waals surface area contributed by atoms with Crippen LogP contribution in [0.1, 0.15) is 11.1 Å². The number of imide groups is 1. The topological polar surface area (TPSA) is 78.9 Å². The molecular weight excluding hydrogens is 327 g/mol. The fourth-order valence-electron chi connectivity index (χ4n) is 2.45. The van der Waals surface area contributed by atoms with Crippen LogP contribution in [0.2, 0.25) is 0 Å². The van der Waals surface area contributed by atoms with E-state index in [9.17, 15) is 19.1 Å². The maximum absolute atomic E-state index is 12.9. The third kappa shape index (κ3) is 3.45. The standard InChI is InChI=1S/C18H15FN2O4/c1-25-16-7-4-12(9-15(16)22)8-14-17(23)21(18(24)20-14)10-11-2-5-13(19)6-3-11/h2-9,22H,10H2,1H3,(H,20,24). The number of hydrogen-bond donors (Lipinski definition) is 2. The molecule has 1 aliphatic heterocycles. The van der Waals surface area contributed by atoms with Crippen molar-refractivity contribution in [2.24, 2.45) is 0 Å². The molecule has 0 aromatic heterocycles. The highest BCUT2D eigenvalue weighted by Gasteiger charge is 2.33. The zero-order chi connectivity index (χ0) is 18.0. The summed E-state index contributed by atoms with van der Waals surface area (Å²) in [5, 5.41) is 12.3. The van der Waals surface area contributed by atoms with Gasteiger partial charge in [-0.1, -0.05) is 18.2 Å². The summed E-state index contributed by atoms with van der Waals surface area (Å²) >= 11 is 0. The van der Waals surface area contributed by atoms with Crippen molar-refractivity contribution in [2.45, 2.75) is 6.54 Å². The number of carbonyl (C=O) groups is 2. The zero-order valence-corrected chi connectivity index (χ0v) is 13.3. The molecule has 0 spiro atoms. The molecule has 128 valence electrons. The summed E-state index contributed by atoms with van der Waals surface area (Å²) in [5.74, 6) is -0.649. The molecule has 1 aliphatic rings. The summed E-state index contributed by atoms with van der Waals surface area (Å²) in [5.41, 5.74) is 1.26. The lowest BCUT2D eigenvalue weighted by molar-refractivity contribution is -0.123. The molecule has 0 saturated carbocycles. The highest BCUT2D eigenvalue weighted by Crippen LogP contribution is 2.27. The van der Waals surface area contributed by atoms with Crippen molar-refractivity contribution in [1.29, 1.82) is 0 Å². The van der Waals surface area contributed by atoms with Gasteiger partial charge in [0.1, 0.15) is 11.5 Å². The second kappa shape index (κ2) is 6.64. The van der Waals surface area contributed by atoms with Gasteiger partial charge < -0.3 is 15.2 Å². The first kappa shape index (κ1) is 16.5. The Balaban J connectivity index is 1.80. The number of nitrogens with one attached hydrogen (secondary N) is 1. The Kier molecular flexibility index (Phi) is 4.38. The Morgan fingerprint density at radius 1 is 1.20 bits per heavy atom. The molecule has 3 rings (SSSR count). The summed E-state index contributed by atoms with van der Waals surface area (Å²) in [6.45, 7) is 0.0378. The molecule has 6 nitrogen and oxygen atoms in total. The second-order valence-electron chi connectivity index (χ2n) is 5.44. The lowest BCUT2D eigenvalue weighted by Gasteiger charge is -2.11.